The number of benzene rings is 2. The van der Waals surface area contributed by atoms with Crippen molar-refractivity contribution in [2.45, 2.75) is 33.1 Å². The number of Topliss-reactive ketones (excluding diaryl/α,β-unsaturated/α-hetero) is 1. The molecule has 0 aliphatic heterocycles. The van der Waals surface area contributed by atoms with Crippen LogP contribution in [0.4, 0.5) is 0 Å². The molecule has 0 spiro atoms. The maximum Gasteiger partial charge on any atom is 0.308 e. The molecule has 0 saturated heterocycles. The van der Waals surface area contributed by atoms with E-state index < -0.39 is 11.8 Å². The van der Waals surface area contributed by atoms with Gasteiger partial charge in [0.05, 0.1) is 18.2 Å². The van der Waals surface area contributed by atoms with Gasteiger partial charge in [0, 0.05) is 30.9 Å². The molecule has 2 aromatic carbocycles. The molecule has 6 heteroatoms. The lowest BCUT2D eigenvalue weighted by atomic mass is 9.81. The zero-order valence-electron chi connectivity index (χ0n) is 16.0. The van der Waals surface area contributed by atoms with Gasteiger partial charge in [-0.2, -0.15) is 0 Å². The third-order valence-electron chi connectivity index (χ3n) is 4.74. The highest BCUT2D eigenvalue weighted by Crippen LogP contribution is 2.39. The summed E-state index contributed by atoms with van der Waals surface area (Å²) in [6, 6.07) is 8.00. The average Bonchev–Trinajstić information content (AvgIpc) is 2.69. The molecule has 0 radical (unpaired) electrons. The van der Waals surface area contributed by atoms with Gasteiger partial charge in [0.15, 0.2) is 5.78 Å². The standard InChI is InChI=1S/C22H20O6/c1-4-14(24)10-8-13-9-11-16-19(22(13)28-12(2)23)21(26)18-15(20(16)25)6-5-7-17(18)27-3/h5-7,9,11H,4,8,10H2,1-3H3. The van der Waals surface area contributed by atoms with Crippen molar-refractivity contribution >= 4 is 23.3 Å². The third kappa shape index (κ3) is 3.33. The van der Waals surface area contributed by atoms with Gasteiger partial charge in [-0.05, 0) is 24.1 Å². The zero-order valence-corrected chi connectivity index (χ0v) is 16.0. The molecule has 0 fully saturated rings. The van der Waals surface area contributed by atoms with Crippen molar-refractivity contribution in [3.05, 3.63) is 58.1 Å². The van der Waals surface area contributed by atoms with Gasteiger partial charge >= 0.3 is 5.97 Å². The summed E-state index contributed by atoms with van der Waals surface area (Å²) in [5, 5.41) is 0. The Kier molecular flexibility index (Phi) is 5.40. The van der Waals surface area contributed by atoms with E-state index in [4.69, 9.17) is 9.47 Å². The molecule has 1 aliphatic rings. The van der Waals surface area contributed by atoms with E-state index in [-0.39, 0.29) is 51.7 Å². The van der Waals surface area contributed by atoms with Gasteiger partial charge in [0.1, 0.15) is 17.3 Å². The third-order valence-corrected chi connectivity index (χ3v) is 4.74. The number of methoxy groups -OCH3 is 1. The summed E-state index contributed by atoms with van der Waals surface area (Å²) in [5.41, 5.74) is 1.15. The van der Waals surface area contributed by atoms with Crippen molar-refractivity contribution in [3.63, 3.8) is 0 Å². The highest BCUT2D eigenvalue weighted by Gasteiger charge is 2.36. The lowest BCUT2D eigenvalue weighted by Crippen LogP contribution is -2.24. The Morgan fingerprint density at radius 1 is 0.964 bits per heavy atom. The summed E-state index contributed by atoms with van der Waals surface area (Å²) >= 11 is 0. The first kappa shape index (κ1) is 19.5. The second kappa shape index (κ2) is 7.76. The Bertz CT molecular complexity index is 1000. The van der Waals surface area contributed by atoms with E-state index >= 15 is 0 Å². The van der Waals surface area contributed by atoms with Crippen LogP contribution in [-0.2, 0) is 16.0 Å². The lowest BCUT2D eigenvalue weighted by molar-refractivity contribution is -0.131. The summed E-state index contributed by atoms with van der Waals surface area (Å²) in [5.74, 6) is -1.01. The summed E-state index contributed by atoms with van der Waals surface area (Å²) in [6.07, 6.45) is 0.963. The van der Waals surface area contributed by atoms with Crippen LogP contribution in [0.5, 0.6) is 11.5 Å². The van der Waals surface area contributed by atoms with Crippen molar-refractivity contribution in [2.24, 2.45) is 0 Å². The van der Waals surface area contributed by atoms with E-state index in [0.29, 0.717) is 18.4 Å². The van der Waals surface area contributed by atoms with Gasteiger partial charge in [-0.15, -0.1) is 0 Å². The predicted molar refractivity (Wildman–Crippen MR) is 101 cm³/mol. The minimum atomic E-state index is -0.609. The molecule has 2 aromatic rings. The number of carbonyl (C=O) groups is 4. The molecule has 0 atom stereocenters. The maximum absolute atomic E-state index is 13.3. The molecule has 0 unspecified atom stereocenters. The van der Waals surface area contributed by atoms with Crippen molar-refractivity contribution in [2.75, 3.05) is 7.11 Å². The number of fused-ring (bicyclic) bond motifs is 2. The van der Waals surface area contributed by atoms with Gasteiger partial charge in [-0.25, -0.2) is 0 Å². The van der Waals surface area contributed by atoms with E-state index in [9.17, 15) is 19.2 Å². The number of hydrogen-bond donors (Lipinski definition) is 0. The highest BCUT2D eigenvalue weighted by atomic mass is 16.5. The molecule has 0 heterocycles. The molecule has 3 rings (SSSR count). The first-order valence-corrected chi connectivity index (χ1v) is 9.01. The molecule has 0 bridgehead atoms. The van der Waals surface area contributed by atoms with Gasteiger partial charge in [0.2, 0.25) is 5.78 Å². The van der Waals surface area contributed by atoms with Crippen molar-refractivity contribution < 1.29 is 28.7 Å². The number of rotatable bonds is 6. The Labute approximate surface area is 162 Å². The van der Waals surface area contributed by atoms with E-state index in [1.54, 1.807) is 37.3 Å². The van der Waals surface area contributed by atoms with Gasteiger partial charge in [-0.3, -0.25) is 19.2 Å². The van der Waals surface area contributed by atoms with Crippen LogP contribution in [0.25, 0.3) is 0 Å². The second-order valence-electron chi connectivity index (χ2n) is 6.50. The van der Waals surface area contributed by atoms with Crippen LogP contribution in [0.15, 0.2) is 30.3 Å². The first-order valence-electron chi connectivity index (χ1n) is 9.01. The number of carbonyl (C=O) groups excluding carboxylic acids is 4. The van der Waals surface area contributed by atoms with Gasteiger partial charge in [0.25, 0.3) is 0 Å². The average molecular weight is 380 g/mol. The quantitative estimate of drug-likeness (QED) is 0.482. The van der Waals surface area contributed by atoms with Crippen LogP contribution in [0.2, 0.25) is 0 Å². The van der Waals surface area contributed by atoms with E-state index in [2.05, 4.69) is 0 Å². The zero-order chi connectivity index (χ0) is 20.4. The van der Waals surface area contributed by atoms with E-state index in [1.165, 1.54) is 14.0 Å². The van der Waals surface area contributed by atoms with Crippen LogP contribution in [0, 0.1) is 0 Å². The fourth-order valence-electron chi connectivity index (χ4n) is 3.34. The van der Waals surface area contributed by atoms with Crippen LogP contribution in [0.3, 0.4) is 0 Å². The number of ketones is 3. The Morgan fingerprint density at radius 3 is 2.32 bits per heavy atom. The molecular weight excluding hydrogens is 360 g/mol. The summed E-state index contributed by atoms with van der Waals surface area (Å²) < 4.78 is 10.6. The number of esters is 1. The van der Waals surface area contributed by atoms with Crippen LogP contribution in [-0.4, -0.2) is 30.4 Å². The Morgan fingerprint density at radius 2 is 1.68 bits per heavy atom. The monoisotopic (exact) mass is 380 g/mol. The number of hydrogen-bond acceptors (Lipinski definition) is 6. The lowest BCUT2D eigenvalue weighted by Gasteiger charge is -2.23. The van der Waals surface area contributed by atoms with Crippen molar-refractivity contribution in [3.8, 4) is 11.5 Å². The molecule has 144 valence electrons. The van der Waals surface area contributed by atoms with Crippen molar-refractivity contribution in [1.82, 2.24) is 0 Å². The first-order chi connectivity index (χ1) is 13.4. The molecule has 0 amide bonds. The molecule has 6 nitrogen and oxygen atoms in total. The minimum Gasteiger partial charge on any atom is -0.496 e. The molecule has 0 aromatic heterocycles. The molecular formula is C22H20O6. The topological polar surface area (TPSA) is 86.7 Å². The molecule has 0 saturated carbocycles. The SMILES string of the molecule is CCC(=O)CCc1ccc2c(c1OC(C)=O)C(=O)c1c(OC)cccc1C2=O. The van der Waals surface area contributed by atoms with Gasteiger partial charge < -0.3 is 9.47 Å². The smallest absolute Gasteiger partial charge is 0.308 e. The largest absolute Gasteiger partial charge is 0.496 e. The van der Waals surface area contributed by atoms with Crippen LogP contribution < -0.4 is 9.47 Å². The van der Waals surface area contributed by atoms with E-state index in [0.717, 1.165) is 0 Å². The summed E-state index contributed by atoms with van der Waals surface area (Å²) in [7, 11) is 1.42. The molecule has 28 heavy (non-hydrogen) atoms. The van der Waals surface area contributed by atoms with Crippen LogP contribution in [0.1, 0.15) is 64.1 Å². The summed E-state index contributed by atoms with van der Waals surface area (Å²) in [4.78, 5) is 49.7. The normalized spacial score (nSPS) is 12.2. The molecule has 1 aliphatic carbocycles. The minimum absolute atomic E-state index is 0.0404. The fraction of sp³-hybridized carbons (Fsp3) is 0.273. The Hall–Kier alpha value is -3.28. The summed E-state index contributed by atoms with van der Waals surface area (Å²) in [6.45, 7) is 3.00. The number of aryl methyl sites for hydroxylation is 1. The predicted octanol–water partition coefficient (Wildman–Crippen LogP) is 3.31. The Balaban J connectivity index is 2.19. The fourth-order valence-corrected chi connectivity index (χ4v) is 3.34. The second-order valence-corrected chi connectivity index (χ2v) is 6.50. The highest BCUT2D eigenvalue weighted by molar-refractivity contribution is 6.30. The number of ether oxygens (including phenoxy) is 2. The van der Waals surface area contributed by atoms with E-state index in [1.807, 2.05) is 0 Å². The van der Waals surface area contributed by atoms with Crippen LogP contribution >= 0.6 is 0 Å². The van der Waals surface area contributed by atoms with Crippen molar-refractivity contribution in [1.29, 1.82) is 0 Å². The maximum atomic E-state index is 13.3. The molecule has 0 N–H and O–H groups in total. The van der Waals surface area contributed by atoms with Gasteiger partial charge in [-0.1, -0.05) is 25.1 Å².